The van der Waals surface area contributed by atoms with Gasteiger partial charge in [0.1, 0.15) is 0 Å². The summed E-state index contributed by atoms with van der Waals surface area (Å²) in [5, 5.41) is 4.18. The highest BCUT2D eigenvalue weighted by Gasteiger charge is 2.35. The van der Waals surface area contributed by atoms with E-state index in [0.717, 1.165) is 30.0 Å². The summed E-state index contributed by atoms with van der Waals surface area (Å²) < 4.78 is 0. The van der Waals surface area contributed by atoms with Crippen LogP contribution in [0.1, 0.15) is 58.8 Å². The minimum absolute atomic E-state index is 0.274. The van der Waals surface area contributed by atoms with E-state index >= 15 is 0 Å². The number of carbonyl (C=O) groups is 1. The number of fused-ring (bicyclic) bond motifs is 1. The van der Waals surface area contributed by atoms with Crippen LogP contribution in [0.4, 0.5) is 0 Å². The zero-order chi connectivity index (χ0) is 13.8. The van der Waals surface area contributed by atoms with Gasteiger partial charge in [0, 0.05) is 17.3 Å². The molecule has 0 aromatic rings. The molecule has 2 nitrogen and oxygen atoms in total. The molecule has 0 saturated heterocycles. The Morgan fingerprint density at radius 2 is 1.84 bits per heavy atom. The molecule has 19 heavy (non-hydrogen) atoms. The molecule has 3 heteroatoms. The van der Waals surface area contributed by atoms with Crippen molar-refractivity contribution in [3.05, 3.63) is 0 Å². The second-order valence-corrected chi connectivity index (χ2v) is 7.39. The molecule has 0 spiro atoms. The molecule has 0 bridgehead atoms. The molecule has 2 rings (SSSR count). The minimum atomic E-state index is 0.274. The molecular formula is C16H28BrNO. The first-order chi connectivity index (χ1) is 9.11. The van der Waals surface area contributed by atoms with Crippen molar-refractivity contribution in [1.29, 1.82) is 0 Å². The Morgan fingerprint density at radius 1 is 1.16 bits per heavy atom. The third-order valence-corrected chi connectivity index (χ3v) is 6.40. The van der Waals surface area contributed by atoms with Crippen LogP contribution in [-0.2, 0) is 4.79 Å². The molecule has 0 heterocycles. The van der Waals surface area contributed by atoms with Gasteiger partial charge >= 0.3 is 0 Å². The number of halogens is 1. The topological polar surface area (TPSA) is 29.1 Å². The van der Waals surface area contributed by atoms with Crippen LogP contribution in [0, 0.1) is 23.7 Å². The van der Waals surface area contributed by atoms with Crippen molar-refractivity contribution in [3.8, 4) is 0 Å². The first kappa shape index (κ1) is 15.3. The fourth-order valence-corrected chi connectivity index (χ4v) is 4.29. The van der Waals surface area contributed by atoms with Gasteiger partial charge in [0.2, 0.25) is 5.91 Å². The van der Waals surface area contributed by atoms with E-state index in [1.54, 1.807) is 0 Å². The monoisotopic (exact) mass is 329 g/mol. The normalized spacial score (nSPS) is 34.2. The summed E-state index contributed by atoms with van der Waals surface area (Å²) in [5.74, 6) is 2.85. The van der Waals surface area contributed by atoms with Gasteiger partial charge in [-0.2, -0.15) is 0 Å². The highest BCUT2D eigenvalue weighted by molar-refractivity contribution is 9.09. The van der Waals surface area contributed by atoms with Gasteiger partial charge in [0.25, 0.3) is 0 Å². The molecule has 2 fully saturated rings. The summed E-state index contributed by atoms with van der Waals surface area (Å²) in [6, 6.07) is 0.274. The number of rotatable bonds is 4. The Labute approximate surface area is 126 Å². The van der Waals surface area contributed by atoms with Crippen LogP contribution in [-0.4, -0.2) is 17.3 Å². The van der Waals surface area contributed by atoms with E-state index in [9.17, 15) is 4.79 Å². The Morgan fingerprint density at radius 3 is 2.53 bits per heavy atom. The quantitative estimate of drug-likeness (QED) is 0.772. The Balaban J connectivity index is 1.83. The summed E-state index contributed by atoms with van der Waals surface area (Å²) in [6.45, 7) is 4.30. The van der Waals surface area contributed by atoms with Crippen molar-refractivity contribution in [3.63, 3.8) is 0 Å². The smallest absolute Gasteiger partial charge is 0.223 e. The lowest BCUT2D eigenvalue weighted by Crippen LogP contribution is -2.43. The van der Waals surface area contributed by atoms with Crippen molar-refractivity contribution < 1.29 is 4.79 Å². The van der Waals surface area contributed by atoms with E-state index in [0.29, 0.717) is 11.8 Å². The SMILES string of the molecule is CC(CBr)C(C)NC(=O)C1CCC2CCCCC2C1. The number of hydrogen-bond donors (Lipinski definition) is 1. The third kappa shape index (κ3) is 3.96. The molecule has 110 valence electrons. The summed E-state index contributed by atoms with van der Waals surface area (Å²) in [5.41, 5.74) is 0. The second-order valence-electron chi connectivity index (χ2n) is 6.74. The van der Waals surface area contributed by atoms with E-state index < -0.39 is 0 Å². The molecule has 5 atom stereocenters. The fraction of sp³-hybridized carbons (Fsp3) is 0.938. The first-order valence-corrected chi connectivity index (χ1v) is 9.10. The summed E-state index contributed by atoms with van der Waals surface area (Å²) in [4.78, 5) is 12.4. The van der Waals surface area contributed by atoms with Gasteiger partial charge in [0.15, 0.2) is 0 Å². The van der Waals surface area contributed by atoms with Crippen LogP contribution in [0.15, 0.2) is 0 Å². The van der Waals surface area contributed by atoms with Crippen molar-refractivity contribution in [2.24, 2.45) is 23.7 Å². The van der Waals surface area contributed by atoms with Gasteiger partial charge in [-0.3, -0.25) is 4.79 Å². The lowest BCUT2D eigenvalue weighted by molar-refractivity contribution is -0.128. The largest absolute Gasteiger partial charge is 0.353 e. The Hall–Kier alpha value is -0.0500. The molecule has 5 unspecified atom stereocenters. The molecule has 1 amide bonds. The van der Waals surface area contributed by atoms with Crippen LogP contribution in [0.25, 0.3) is 0 Å². The van der Waals surface area contributed by atoms with Gasteiger partial charge in [-0.05, 0) is 43.9 Å². The third-order valence-electron chi connectivity index (χ3n) is 5.38. The van der Waals surface area contributed by atoms with Crippen molar-refractivity contribution in [2.75, 3.05) is 5.33 Å². The zero-order valence-corrected chi connectivity index (χ0v) is 13.9. The maximum atomic E-state index is 12.4. The standard InChI is InChI=1S/C16H28BrNO/c1-11(10-17)12(2)18-16(19)15-8-7-13-5-3-4-6-14(13)9-15/h11-15H,3-10H2,1-2H3,(H,18,19). The molecule has 2 aliphatic rings. The van der Waals surface area contributed by atoms with Crippen molar-refractivity contribution in [1.82, 2.24) is 5.32 Å². The molecule has 2 saturated carbocycles. The van der Waals surface area contributed by atoms with Crippen LogP contribution in [0.5, 0.6) is 0 Å². The molecule has 1 N–H and O–H groups in total. The lowest BCUT2D eigenvalue weighted by atomic mass is 9.67. The van der Waals surface area contributed by atoms with Gasteiger partial charge in [-0.15, -0.1) is 0 Å². The predicted octanol–water partition coefficient (Wildman–Crippen LogP) is 4.13. The number of alkyl halides is 1. The van der Waals surface area contributed by atoms with Crippen LogP contribution in [0.3, 0.4) is 0 Å². The average Bonchev–Trinajstić information content (AvgIpc) is 2.45. The number of nitrogens with one attached hydrogen (secondary N) is 1. The predicted molar refractivity (Wildman–Crippen MR) is 83.4 cm³/mol. The zero-order valence-electron chi connectivity index (χ0n) is 12.3. The Kier molecular flexibility index (Phi) is 5.73. The molecule has 0 aromatic heterocycles. The second kappa shape index (κ2) is 7.10. The van der Waals surface area contributed by atoms with Crippen molar-refractivity contribution >= 4 is 21.8 Å². The van der Waals surface area contributed by atoms with Crippen molar-refractivity contribution in [2.45, 2.75) is 64.8 Å². The average molecular weight is 330 g/mol. The first-order valence-electron chi connectivity index (χ1n) is 7.98. The fourth-order valence-electron chi connectivity index (χ4n) is 3.73. The van der Waals surface area contributed by atoms with Crippen LogP contribution >= 0.6 is 15.9 Å². The maximum absolute atomic E-state index is 12.4. The number of carbonyl (C=O) groups excluding carboxylic acids is 1. The van der Waals surface area contributed by atoms with Crippen LogP contribution < -0.4 is 5.32 Å². The van der Waals surface area contributed by atoms with Gasteiger partial charge in [-0.1, -0.05) is 48.5 Å². The van der Waals surface area contributed by atoms with E-state index in [1.807, 2.05) is 0 Å². The Bertz CT molecular complexity index is 307. The van der Waals surface area contributed by atoms with E-state index in [-0.39, 0.29) is 12.0 Å². The number of amides is 1. The molecule has 2 aliphatic carbocycles. The lowest BCUT2D eigenvalue weighted by Gasteiger charge is -2.39. The summed E-state index contributed by atoms with van der Waals surface area (Å²) in [7, 11) is 0. The molecule has 0 aromatic carbocycles. The summed E-state index contributed by atoms with van der Waals surface area (Å²) >= 11 is 3.50. The van der Waals surface area contributed by atoms with E-state index in [1.165, 1.54) is 32.1 Å². The minimum Gasteiger partial charge on any atom is -0.353 e. The number of hydrogen-bond acceptors (Lipinski definition) is 1. The maximum Gasteiger partial charge on any atom is 0.223 e. The molecule has 0 radical (unpaired) electrons. The van der Waals surface area contributed by atoms with Gasteiger partial charge in [0.05, 0.1) is 0 Å². The highest BCUT2D eigenvalue weighted by Crippen LogP contribution is 2.42. The molecule has 0 aliphatic heterocycles. The van der Waals surface area contributed by atoms with Gasteiger partial charge < -0.3 is 5.32 Å². The summed E-state index contributed by atoms with van der Waals surface area (Å²) in [6.07, 6.45) is 9.11. The van der Waals surface area contributed by atoms with E-state index in [4.69, 9.17) is 0 Å². The van der Waals surface area contributed by atoms with Gasteiger partial charge in [-0.25, -0.2) is 0 Å². The van der Waals surface area contributed by atoms with Crippen LogP contribution in [0.2, 0.25) is 0 Å². The highest BCUT2D eigenvalue weighted by atomic mass is 79.9. The van der Waals surface area contributed by atoms with E-state index in [2.05, 4.69) is 35.1 Å². The molecular weight excluding hydrogens is 302 g/mol.